The smallest absolute Gasteiger partial charge is 0.0172 e. The van der Waals surface area contributed by atoms with Crippen LogP contribution < -0.4 is 19.2 Å². The first-order valence-electron chi connectivity index (χ1n) is 1.22. The molecule has 9 heavy (non-hydrogen) atoms. The lowest BCUT2D eigenvalue weighted by atomic mass is 15.8. The van der Waals surface area contributed by atoms with E-state index in [1.807, 2.05) is 0 Å². The van der Waals surface area contributed by atoms with Gasteiger partial charge in [0.05, 0.1) is 0 Å². The zero-order valence-corrected chi connectivity index (χ0v) is 5.95. The van der Waals surface area contributed by atoms with Crippen molar-refractivity contribution in [3.05, 3.63) is 0 Å². The lowest BCUT2D eigenvalue weighted by Gasteiger charge is -1.95. The quantitative estimate of drug-likeness (QED) is 0.328. The third-order valence-electron chi connectivity index (χ3n) is 0. The van der Waals surface area contributed by atoms with E-state index in [4.69, 9.17) is 28.1 Å². The lowest BCUT2D eigenvalue weighted by molar-refractivity contribution is -0.356. The first-order chi connectivity index (χ1) is 3.46. The Morgan fingerprint density at radius 1 is 0.778 bits per heavy atom. The SMILES string of the molecule is O.O=[Si]([O-])[O-].O=[Si]([O-])[O-]. The molecular weight excluding hydrogens is 168 g/mol. The number of hydrogen-bond donors (Lipinski definition) is 0. The van der Waals surface area contributed by atoms with Crippen LogP contribution in [-0.2, 0) is 8.92 Å². The summed E-state index contributed by atoms with van der Waals surface area (Å²) in [6, 6.07) is 0. The molecular formula is H2O7Si2-4. The fourth-order valence-corrected chi connectivity index (χ4v) is 0. The fourth-order valence-electron chi connectivity index (χ4n) is 0. The van der Waals surface area contributed by atoms with Gasteiger partial charge in [0, 0.05) is 18.3 Å². The predicted octanol–water partition coefficient (Wildman–Crippen LogP) is -6.58. The molecule has 2 N–H and O–H groups in total. The minimum atomic E-state index is -3.63. The molecule has 0 aromatic heterocycles. The Bertz CT molecular complexity index is 64.9. The van der Waals surface area contributed by atoms with Gasteiger partial charge < -0.3 is 33.6 Å². The zero-order valence-electron chi connectivity index (χ0n) is 3.95. The molecule has 0 atom stereocenters. The van der Waals surface area contributed by atoms with Crippen LogP contribution in [0.25, 0.3) is 0 Å². The van der Waals surface area contributed by atoms with Crippen LogP contribution in [0.4, 0.5) is 0 Å². The summed E-state index contributed by atoms with van der Waals surface area (Å²) in [5, 5.41) is 0. The van der Waals surface area contributed by atoms with Gasteiger partial charge in [-0.25, -0.2) is 0 Å². The van der Waals surface area contributed by atoms with Crippen LogP contribution in [0.1, 0.15) is 0 Å². The van der Waals surface area contributed by atoms with Gasteiger partial charge in [-0.1, -0.05) is 0 Å². The largest absolute Gasteiger partial charge is 0.672 e. The maximum atomic E-state index is 8.52. The molecule has 9 heteroatoms. The van der Waals surface area contributed by atoms with Crippen molar-refractivity contribution in [3.8, 4) is 0 Å². The predicted molar refractivity (Wildman–Crippen MR) is 16.5 cm³/mol. The summed E-state index contributed by atoms with van der Waals surface area (Å²) < 4.78 is 17.0. The van der Waals surface area contributed by atoms with Crippen LogP contribution in [0.2, 0.25) is 0 Å². The second kappa shape index (κ2) is 10.2. The van der Waals surface area contributed by atoms with Gasteiger partial charge in [-0.2, -0.15) is 0 Å². The van der Waals surface area contributed by atoms with Crippen molar-refractivity contribution in [3.63, 3.8) is 0 Å². The van der Waals surface area contributed by atoms with E-state index in [0.29, 0.717) is 0 Å². The Morgan fingerprint density at radius 2 is 0.778 bits per heavy atom. The molecule has 0 fully saturated rings. The van der Waals surface area contributed by atoms with E-state index in [0.717, 1.165) is 0 Å². The third kappa shape index (κ3) is 299. The Morgan fingerprint density at radius 3 is 0.778 bits per heavy atom. The van der Waals surface area contributed by atoms with Crippen molar-refractivity contribution in [1.82, 2.24) is 0 Å². The van der Waals surface area contributed by atoms with Crippen LogP contribution in [0.3, 0.4) is 0 Å². The zero-order chi connectivity index (χ0) is 7.15. The van der Waals surface area contributed by atoms with Crippen molar-refractivity contribution in [2.24, 2.45) is 0 Å². The van der Waals surface area contributed by atoms with Crippen LogP contribution in [0, 0.1) is 0 Å². The van der Waals surface area contributed by atoms with E-state index in [-0.39, 0.29) is 5.48 Å². The molecule has 0 unspecified atom stereocenters. The summed E-state index contributed by atoms with van der Waals surface area (Å²) >= 11 is 0. The summed E-state index contributed by atoms with van der Waals surface area (Å²) in [6.45, 7) is 0. The standard InChI is InChI=1S/2O3Si.H2O/c2*1-4(2)3;/h;;1H2/q2*-2;. The van der Waals surface area contributed by atoms with E-state index in [1.165, 1.54) is 0 Å². The summed E-state index contributed by atoms with van der Waals surface area (Å²) in [6.07, 6.45) is 0. The minimum Gasteiger partial charge on any atom is -0.672 e. The summed E-state index contributed by atoms with van der Waals surface area (Å²) in [5.74, 6) is 0. The van der Waals surface area contributed by atoms with Gasteiger partial charge in [-0.15, -0.1) is 0 Å². The molecule has 0 aromatic rings. The minimum absolute atomic E-state index is 0. The van der Waals surface area contributed by atoms with Gasteiger partial charge in [0.2, 0.25) is 0 Å². The molecule has 0 spiro atoms. The van der Waals surface area contributed by atoms with Crippen LogP contribution >= 0.6 is 0 Å². The van der Waals surface area contributed by atoms with Crippen molar-refractivity contribution in [1.29, 1.82) is 0 Å². The molecule has 56 valence electrons. The molecule has 0 aliphatic rings. The molecule has 0 radical (unpaired) electrons. The molecule has 0 aliphatic carbocycles. The first kappa shape index (κ1) is 15.7. The number of rotatable bonds is 0. The molecule has 0 aromatic carbocycles. The van der Waals surface area contributed by atoms with E-state index < -0.39 is 18.3 Å². The van der Waals surface area contributed by atoms with Gasteiger partial charge in [0.15, 0.2) is 0 Å². The highest BCUT2D eigenvalue weighted by Gasteiger charge is 1.29. The maximum absolute atomic E-state index is 8.52. The van der Waals surface area contributed by atoms with E-state index in [9.17, 15) is 0 Å². The van der Waals surface area contributed by atoms with Crippen molar-refractivity contribution >= 4 is 18.3 Å². The monoisotopic (exact) mass is 170 g/mol. The topological polar surface area (TPSA) is 158 Å². The average molecular weight is 170 g/mol. The van der Waals surface area contributed by atoms with E-state index in [2.05, 4.69) is 0 Å². The van der Waals surface area contributed by atoms with Crippen LogP contribution in [0.5, 0.6) is 0 Å². The molecule has 0 heterocycles. The Hall–Kier alpha value is -0.806. The van der Waals surface area contributed by atoms with Crippen molar-refractivity contribution in [2.45, 2.75) is 0 Å². The molecule has 0 saturated carbocycles. The summed E-state index contributed by atoms with van der Waals surface area (Å²) in [4.78, 5) is 34.1. The normalized spacial score (nSPS) is 5.33. The highest BCUT2D eigenvalue weighted by Crippen LogP contribution is 0.993. The maximum Gasteiger partial charge on any atom is 0.0172 e. The molecule has 7 nitrogen and oxygen atoms in total. The molecule has 0 bridgehead atoms. The summed E-state index contributed by atoms with van der Waals surface area (Å²) in [7, 11) is -7.26. The Balaban J connectivity index is -0.0000000720. The van der Waals surface area contributed by atoms with Gasteiger partial charge in [-0.3, -0.25) is 0 Å². The average Bonchev–Trinajstić information content (AvgIpc) is 1.25. The Kier molecular flexibility index (Phi) is 17.9. The molecule has 0 saturated heterocycles. The van der Waals surface area contributed by atoms with Gasteiger partial charge in [0.1, 0.15) is 0 Å². The lowest BCUT2D eigenvalue weighted by Crippen LogP contribution is -2.34. The van der Waals surface area contributed by atoms with Crippen molar-refractivity contribution in [2.75, 3.05) is 0 Å². The highest BCUT2D eigenvalue weighted by molar-refractivity contribution is 6.17. The number of hydrogen-bond acceptors (Lipinski definition) is 6. The fraction of sp³-hybridized carbons (Fsp3) is 0. The second-order valence-electron chi connectivity index (χ2n) is 0.500. The highest BCUT2D eigenvalue weighted by atomic mass is 28.3. The van der Waals surface area contributed by atoms with Gasteiger partial charge >= 0.3 is 0 Å². The molecule has 0 rings (SSSR count). The van der Waals surface area contributed by atoms with Crippen LogP contribution in [-0.4, -0.2) is 23.8 Å². The second-order valence-corrected chi connectivity index (χ2v) is 1.50. The molecule has 0 amide bonds. The van der Waals surface area contributed by atoms with E-state index in [1.54, 1.807) is 0 Å². The van der Waals surface area contributed by atoms with E-state index >= 15 is 0 Å². The van der Waals surface area contributed by atoms with Gasteiger partial charge in [0.25, 0.3) is 0 Å². The Labute approximate surface area is 52.9 Å². The third-order valence-corrected chi connectivity index (χ3v) is 0. The van der Waals surface area contributed by atoms with Gasteiger partial charge in [-0.05, 0) is 0 Å². The summed E-state index contributed by atoms with van der Waals surface area (Å²) in [5.41, 5.74) is 0. The van der Waals surface area contributed by atoms with Crippen molar-refractivity contribution < 1.29 is 33.6 Å². The van der Waals surface area contributed by atoms with Crippen LogP contribution in [0.15, 0.2) is 0 Å². The first-order valence-corrected chi connectivity index (χ1v) is 3.67. The molecule has 0 aliphatic heterocycles.